The molecule has 10 heteroatoms. The fourth-order valence-corrected chi connectivity index (χ4v) is 3.64. The van der Waals surface area contributed by atoms with E-state index < -0.39 is 34.2 Å². The van der Waals surface area contributed by atoms with Crippen LogP contribution in [0.15, 0.2) is 27.6 Å². The van der Waals surface area contributed by atoms with Gasteiger partial charge in [-0.3, -0.25) is 4.79 Å². The minimum Gasteiger partial charge on any atom is -0.399 e. The van der Waals surface area contributed by atoms with E-state index in [1.165, 1.54) is 23.5 Å². The summed E-state index contributed by atoms with van der Waals surface area (Å²) in [7, 11) is -4.06. The zero-order valence-electron chi connectivity index (χ0n) is 9.87. The monoisotopic (exact) mass is 374 g/mol. The summed E-state index contributed by atoms with van der Waals surface area (Å²) in [4.78, 5) is 11.0. The van der Waals surface area contributed by atoms with Gasteiger partial charge in [-0.2, -0.15) is 13.2 Å². The van der Waals surface area contributed by atoms with E-state index in [4.69, 9.17) is 5.73 Å². The minimum absolute atomic E-state index is 0.140. The molecule has 0 saturated carbocycles. The van der Waals surface area contributed by atoms with E-state index in [1.807, 2.05) is 0 Å². The molecule has 0 saturated heterocycles. The Labute approximate surface area is 121 Å². The molecule has 5 nitrogen and oxygen atoms in total. The Morgan fingerprint density at radius 1 is 1.35 bits per heavy atom. The van der Waals surface area contributed by atoms with E-state index >= 15 is 0 Å². The van der Waals surface area contributed by atoms with Crippen molar-refractivity contribution in [3.63, 3.8) is 0 Å². The van der Waals surface area contributed by atoms with Gasteiger partial charge in [-0.25, -0.2) is 8.42 Å². The molecule has 0 unspecified atom stereocenters. The van der Waals surface area contributed by atoms with Gasteiger partial charge in [0.05, 0.1) is 4.90 Å². The standard InChI is InChI=1S/C10H10BrF3N2O3S/c11-7-3-6(15)1-2-8(7)20(18,19)4-9(17)16-5-10(12,13)14/h1-3H,4-5,15H2,(H,16,17). The third kappa shape index (κ3) is 5.00. The van der Waals surface area contributed by atoms with Crippen LogP contribution in [-0.4, -0.2) is 32.8 Å². The lowest BCUT2D eigenvalue weighted by Gasteiger charge is -2.10. The van der Waals surface area contributed by atoms with Crippen LogP contribution in [0.3, 0.4) is 0 Å². The average molecular weight is 375 g/mol. The summed E-state index contributed by atoms with van der Waals surface area (Å²) in [6.45, 7) is -1.58. The van der Waals surface area contributed by atoms with Gasteiger partial charge in [0.2, 0.25) is 5.91 Å². The van der Waals surface area contributed by atoms with Crippen molar-refractivity contribution in [2.45, 2.75) is 11.1 Å². The summed E-state index contributed by atoms with van der Waals surface area (Å²) in [5.74, 6) is -2.31. The van der Waals surface area contributed by atoms with E-state index in [0.717, 1.165) is 0 Å². The summed E-state index contributed by atoms with van der Waals surface area (Å²) >= 11 is 2.97. The van der Waals surface area contributed by atoms with E-state index in [-0.39, 0.29) is 9.37 Å². The van der Waals surface area contributed by atoms with Crippen molar-refractivity contribution >= 4 is 37.4 Å². The van der Waals surface area contributed by atoms with Crippen LogP contribution in [0.4, 0.5) is 18.9 Å². The van der Waals surface area contributed by atoms with Gasteiger partial charge < -0.3 is 11.1 Å². The van der Waals surface area contributed by atoms with Crippen molar-refractivity contribution in [3.05, 3.63) is 22.7 Å². The highest BCUT2D eigenvalue weighted by molar-refractivity contribution is 9.10. The van der Waals surface area contributed by atoms with Gasteiger partial charge in [0.15, 0.2) is 9.84 Å². The Kier molecular flexibility index (Phi) is 5.03. The molecule has 1 aromatic carbocycles. The van der Waals surface area contributed by atoms with E-state index in [2.05, 4.69) is 15.9 Å². The first kappa shape index (κ1) is 16.8. The van der Waals surface area contributed by atoms with Crippen molar-refractivity contribution in [1.29, 1.82) is 0 Å². The molecule has 0 aliphatic rings. The molecule has 0 atom stereocenters. The highest BCUT2D eigenvalue weighted by Gasteiger charge is 2.29. The van der Waals surface area contributed by atoms with Gasteiger partial charge in [0.1, 0.15) is 12.3 Å². The second-order valence-corrected chi connectivity index (χ2v) is 6.65. The second-order valence-electron chi connectivity index (χ2n) is 3.84. The molecule has 3 N–H and O–H groups in total. The number of halogens is 4. The molecule has 0 radical (unpaired) electrons. The Balaban J connectivity index is 2.82. The summed E-state index contributed by atoms with van der Waals surface area (Å²) in [5.41, 5.74) is 5.74. The zero-order valence-corrected chi connectivity index (χ0v) is 12.3. The highest BCUT2D eigenvalue weighted by Crippen LogP contribution is 2.25. The maximum Gasteiger partial charge on any atom is 0.405 e. The molecule has 0 aliphatic carbocycles. The van der Waals surface area contributed by atoms with E-state index in [1.54, 1.807) is 0 Å². The molecule has 0 fully saturated rings. The number of carbonyl (C=O) groups excluding carboxylic acids is 1. The van der Waals surface area contributed by atoms with Crippen LogP contribution in [0.25, 0.3) is 0 Å². The van der Waals surface area contributed by atoms with Crippen molar-refractivity contribution in [2.24, 2.45) is 0 Å². The fourth-order valence-electron chi connectivity index (χ4n) is 1.27. The van der Waals surface area contributed by atoms with Crippen molar-refractivity contribution < 1.29 is 26.4 Å². The lowest BCUT2D eigenvalue weighted by Crippen LogP contribution is -2.37. The van der Waals surface area contributed by atoms with Crippen LogP contribution < -0.4 is 11.1 Å². The van der Waals surface area contributed by atoms with Crippen molar-refractivity contribution in [2.75, 3.05) is 18.0 Å². The second kappa shape index (κ2) is 6.00. The molecular formula is C10H10BrF3N2O3S. The number of nitrogen functional groups attached to an aromatic ring is 1. The molecule has 0 aliphatic heterocycles. The summed E-state index contributed by atoms with van der Waals surface area (Å²) in [5, 5.41) is 1.50. The predicted molar refractivity (Wildman–Crippen MR) is 69.7 cm³/mol. The van der Waals surface area contributed by atoms with Gasteiger partial charge >= 0.3 is 6.18 Å². The number of hydrogen-bond donors (Lipinski definition) is 2. The van der Waals surface area contributed by atoms with Crippen LogP contribution in [0.2, 0.25) is 0 Å². The number of alkyl halides is 3. The van der Waals surface area contributed by atoms with Gasteiger partial charge in [0.25, 0.3) is 0 Å². The van der Waals surface area contributed by atoms with Gasteiger partial charge in [-0.05, 0) is 34.1 Å². The molecule has 1 aromatic rings. The number of amides is 1. The first-order chi connectivity index (χ1) is 9.01. The molecule has 0 heterocycles. The molecule has 112 valence electrons. The highest BCUT2D eigenvalue weighted by atomic mass is 79.9. The predicted octanol–water partition coefficient (Wildman–Crippen LogP) is 1.48. The smallest absolute Gasteiger partial charge is 0.399 e. The van der Waals surface area contributed by atoms with E-state index in [9.17, 15) is 26.4 Å². The molecule has 20 heavy (non-hydrogen) atoms. The van der Waals surface area contributed by atoms with Gasteiger partial charge in [-0.15, -0.1) is 0 Å². The fraction of sp³-hybridized carbons (Fsp3) is 0.300. The normalized spacial score (nSPS) is 12.2. The molecule has 0 bridgehead atoms. The van der Waals surface area contributed by atoms with Crippen LogP contribution in [0.5, 0.6) is 0 Å². The molecule has 1 amide bonds. The quantitative estimate of drug-likeness (QED) is 0.781. The third-order valence-corrected chi connectivity index (χ3v) is 4.68. The molecule has 1 rings (SSSR count). The van der Waals surface area contributed by atoms with Crippen molar-refractivity contribution in [1.82, 2.24) is 5.32 Å². The first-order valence-electron chi connectivity index (χ1n) is 5.12. The Morgan fingerprint density at radius 2 is 1.95 bits per heavy atom. The Bertz CT molecular complexity index is 617. The number of nitrogens with two attached hydrogens (primary N) is 1. The lowest BCUT2D eigenvalue weighted by molar-refractivity contribution is -0.137. The van der Waals surface area contributed by atoms with Crippen LogP contribution in [0, 0.1) is 0 Å². The minimum atomic E-state index is -4.60. The Hall–Kier alpha value is -1.29. The first-order valence-corrected chi connectivity index (χ1v) is 7.57. The zero-order chi connectivity index (χ0) is 15.6. The summed E-state index contributed by atoms with van der Waals surface area (Å²) < 4.78 is 59.6. The Morgan fingerprint density at radius 3 is 2.45 bits per heavy atom. The number of nitrogens with one attached hydrogen (secondary N) is 1. The maximum atomic E-state index is 11.9. The molecule has 0 spiro atoms. The lowest BCUT2D eigenvalue weighted by atomic mass is 10.3. The van der Waals surface area contributed by atoms with Crippen LogP contribution >= 0.6 is 15.9 Å². The summed E-state index contributed by atoms with van der Waals surface area (Å²) in [6, 6.07) is 3.80. The average Bonchev–Trinajstić information content (AvgIpc) is 2.24. The number of benzene rings is 1. The topological polar surface area (TPSA) is 89.3 Å². The largest absolute Gasteiger partial charge is 0.405 e. The molecule has 0 aromatic heterocycles. The van der Waals surface area contributed by atoms with Crippen LogP contribution in [-0.2, 0) is 14.6 Å². The van der Waals surface area contributed by atoms with Gasteiger partial charge in [-0.1, -0.05) is 0 Å². The summed E-state index contributed by atoms with van der Waals surface area (Å²) in [6.07, 6.45) is -4.60. The van der Waals surface area contributed by atoms with Crippen molar-refractivity contribution in [3.8, 4) is 0 Å². The molecular weight excluding hydrogens is 365 g/mol. The number of anilines is 1. The number of rotatable bonds is 4. The number of carbonyl (C=O) groups is 1. The maximum absolute atomic E-state index is 11.9. The number of sulfone groups is 1. The third-order valence-electron chi connectivity index (χ3n) is 2.10. The van der Waals surface area contributed by atoms with Gasteiger partial charge in [0, 0.05) is 10.2 Å². The SMILES string of the molecule is Nc1ccc(S(=O)(=O)CC(=O)NCC(F)(F)F)c(Br)c1. The van der Waals surface area contributed by atoms with Crippen LogP contribution in [0.1, 0.15) is 0 Å². The van der Waals surface area contributed by atoms with E-state index in [0.29, 0.717) is 5.69 Å². The number of hydrogen-bond acceptors (Lipinski definition) is 4.